The van der Waals surface area contributed by atoms with Crippen LogP contribution in [-0.2, 0) is 7.05 Å². The molecule has 0 spiro atoms. The minimum Gasteiger partial charge on any atom is -0.359 e. The summed E-state index contributed by atoms with van der Waals surface area (Å²) in [6, 6.07) is 4.77. The summed E-state index contributed by atoms with van der Waals surface area (Å²) < 4.78 is 28.7. The summed E-state index contributed by atoms with van der Waals surface area (Å²) in [5.41, 5.74) is -0.0492. The van der Waals surface area contributed by atoms with Gasteiger partial charge < -0.3 is 10.2 Å². The molecule has 0 bridgehead atoms. The highest BCUT2D eigenvalue weighted by molar-refractivity contribution is 7.19. The van der Waals surface area contributed by atoms with E-state index >= 15 is 0 Å². The fourth-order valence-corrected chi connectivity index (χ4v) is 2.90. The van der Waals surface area contributed by atoms with E-state index in [1.807, 2.05) is 0 Å². The summed E-state index contributed by atoms with van der Waals surface area (Å²) in [5, 5.41) is 7.25. The number of anilines is 1. The monoisotopic (exact) mass is 345 g/mol. The van der Waals surface area contributed by atoms with E-state index in [0.29, 0.717) is 15.7 Å². The molecule has 1 aromatic carbocycles. The maximum atomic E-state index is 13.6. The Bertz CT molecular complexity index is 952. The average molecular weight is 345 g/mol. The summed E-state index contributed by atoms with van der Waals surface area (Å²) in [7, 11) is 1.67. The summed E-state index contributed by atoms with van der Waals surface area (Å²) in [6.07, 6.45) is 1.38. The maximum Gasteiger partial charge on any atom is 0.296 e. The van der Waals surface area contributed by atoms with E-state index in [4.69, 9.17) is 6.57 Å². The third-order valence-corrected chi connectivity index (χ3v) is 4.07. The van der Waals surface area contributed by atoms with Crippen LogP contribution in [-0.4, -0.2) is 20.7 Å². The number of hydrogen-bond donors (Lipinski definition) is 1. The molecule has 24 heavy (non-hydrogen) atoms. The van der Waals surface area contributed by atoms with Crippen LogP contribution in [0.5, 0.6) is 0 Å². The Labute approximate surface area is 139 Å². The second-order valence-electron chi connectivity index (χ2n) is 4.70. The van der Waals surface area contributed by atoms with Gasteiger partial charge >= 0.3 is 0 Å². The molecule has 0 fully saturated rings. The summed E-state index contributed by atoms with van der Waals surface area (Å²) in [4.78, 5) is 19.4. The van der Waals surface area contributed by atoms with Crippen molar-refractivity contribution in [1.82, 2.24) is 14.8 Å². The second-order valence-corrected chi connectivity index (χ2v) is 5.73. The van der Waals surface area contributed by atoms with Gasteiger partial charge in [-0.1, -0.05) is 24.0 Å². The van der Waals surface area contributed by atoms with E-state index < -0.39 is 23.1 Å². The topological polar surface area (TPSA) is 64.2 Å². The number of rotatable bonds is 3. The Hall–Kier alpha value is -3.12. The zero-order valence-electron chi connectivity index (χ0n) is 12.2. The predicted molar refractivity (Wildman–Crippen MR) is 84.9 cm³/mol. The van der Waals surface area contributed by atoms with Crippen molar-refractivity contribution >= 4 is 28.1 Å². The van der Waals surface area contributed by atoms with Gasteiger partial charge in [-0.3, -0.25) is 4.79 Å². The van der Waals surface area contributed by atoms with Crippen molar-refractivity contribution in [3.63, 3.8) is 0 Å². The molecular weight excluding hydrogens is 336 g/mol. The molecule has 0 saturated carbocycles. The molecule has 0 aliphatic carbocycles. The number of nitrogens with zero attached hydrogens (tertiary/aromatic N) is 4. The molecule has 0 radical (unpaired) electrons. The lowest BCUT2D eigenvalue weighted by Crippen LogP contribution is -2.15. The molecule has 6 nitrogen and oxygen atoms in total. The number of thiazole rings is 1. The molecule has 0 atom stereocenters. The largest absolute Gasteiger partial charge is 0.359 e. The number of aryl methyl sites for hydroxylation is 1. The Morgan fingerprint density at radius 3 is 2.71 bits per heavy atom. The first-order valence-electron chi connectivity index (χ1n) is 6.62. The van der Waals surface area contributed by atoms with E-state index in [0.717, 1.165) is 23.5 Å². The van der Waals surface area contributed by atoms with Crippen molar-refractivity contribution in [2.24, 2.45) is 7.05 Å². The number of aromatic nitrogens is 3. The van der Waals surface area contributed by atoms with Gasteiger partial charge in [-0.05, 0) is 23.3 Å². The first-order chi connectivity index (χ1) is 11.5. The zero-order valence-corrected chi connectivity index (χ0v) is 13.1. The highest BCUT2D eigenvalue weighted by atomic mass is 32.1. The Kier molecular flexibility index (Phi) is 4.05. The molecule has 2 aromatic heterocycles. The van der Waals surface area contributed by atoms with Crippen LogP contribution in [0.2, 0.25) is 0 Å². The van der Waals surface area contributed by atoms with Crippen LogP contribution in [0.4, 0.5) is 19.6 Å². The summed E-state index contributed by atoms with van der Waals surface area (Å²) in [5.74, 6) is -2.55. The Morgan fingerprint density at radius 2 is 2.08 bits per heavy atom. The number of halogens is 2. The minimum absolute atomic E-state index is 0.224. The Morgan fingerprint density at radius 1 is 1.38 bits per heavy atom. The van der Waals surface area contributed by atoms with Crippen LogP contribution < -0.4 is 5.32 Å². The molecule has 120 valence electrons. The lowest BCUT2D eigenvalue weighted by Gasteiger charge is -2.04. The molecule has 0 unspecified atom stereocenters. The van der Waals surface area contributed by atoms with Crippen LogP contribution >= 0.6 is 11.3 Å². The zero-order chi connectivity index (χ0) is 17.3. The SMILES string of the molecule is [C-]#[N+]c1cc(-c2ncc(NC(=O)c3c(F)cccc3F)s2)n(C)n1. The van der Waals surface area contributed by atoms with Crippen molar-refractivity contribution in [3.8, 4) is 10.7 Å². The van der Waals surface area contributed by atoms with Gasteiger partial charge in [0.05, 0.1) is 13.2 Å². The average Bonchev–Trinajstić information content (AvgIpc) is 3.13. The van der Waals surface area contributed by atoms with Crippen LogP contribution in [0.1, 0.15) is 10.4 Å². The predicted octanol–water partition coefficient (Wildman–Crippen LogP) is 3.62. The quantitative estimate of drug-likeness (QED) is 0.738. The first-order valence-corrected chi connectivity index (χ1v) is 7.44. The smallest absolute Gasteiger partial charge is 0.296 e. The van der Waals surface area contributed by atoms with E-state index in [1.54, 1.807) is 13.1 Å². The van der Waals surface area contributed by atoms with Crippen molar-refractivity contribution in [1.29, 1.82) is 0 Å². The van der Waals surface area contributed by atoms with Crippen LogP contribution in [0.15, 0.2) is 30.5 Å². The van der Waals surface area contributed by atoms with E-state index in [-0.39, 0.29) is 5.82 Å². The number of nitrogens with one attached hydrogen (secondary N) is 1. The van der Waals surface area contributed by atoms with Crippen molar-refractivity contribution in [3.05, 3.63) is 59.1 Å². The van der Waals surface area contributed by atoms with Crippen LogP contribution in [0.25, 0.3) is 15.5 Å². The lowest BCUT2D eigenvalue weighted by molar-refractivity contribution is 0.101. The third-order valence-electron chi connectivity index (χ3n) is 3.13. The fourth-order valence-electron chi connectivity index (χ4n) is 2.05. The van der Waals surface area contributed by atoms with Gasteiger partial charge in [-0.25, -0.2) is 13.8 Å². The highest BCUT2D eigenvalue weighted by Crippen LogP contribution is 2.30. The normalized spacial score (nSPS) is 10.4. The molecular formula is C15H9F2N5OS. The van der Waals surface area contributed by atoms with Gasteiger partial charge in [0.25, 0.3) is 11.7 Å². The summed E-state index contributed by atoms with van der Waals surface area (Å²) in [6.45, 7) is 6.95. The molecule has 1 amide bonds. The molecule has 9 heteroatoms. The van der Waals surface area contributed by atoms with Gasteiger partial charge in [0.2, 0.25) is 0 Å². The van der Waals surface area contributed by atoms with Gasteiger partial charge in [-0.2, -0.15) is 4.68 Å². The van der Waals surface area contributed by atoms with E-state index in [9.17, 15) is 13.6 Å². The molecule has 0 aliphatic heterocycles. The standard InChI is InChI=1S/C15H9F2N5OS/c1-18-11-6-10(22(2)21-11)15-19-7-12(24-15)20-14(23)13-8(16)4-3-5-9(13)17/h3-7H,2H3,(H,20,23). The van der Waals surface area contributed by atoms with Gasteiger partial charge in [0, 0.05) is 0 Å². The molecule has 3 rings (SSSR count). The Balaban J connectivity index is 1.85. The van der Waals surface area contributed by atoms with Crippen molar-refractivity contribution in [2.45, 2.75) is 0 Å². The van der Waals surface area contributed by atoms with Crippen LogP contribution in [0, 0.1) is 18.2 Å². The van der Waals surface area contributed by atoms with E-state index in [1.165, 1.54) is 16.9 Å². The third kappa shape index (κ3) is 2.87. The highest BCUT2D eigenvalue weighted by Gasteiger charge is 2.19. The van der Waals surface area contributed by atoms with Crippen LogP contribution in [0.3, 0.4) is 0 Å². The van der Waals surface area contributed by atoms with Gasteiger partial charge in [0.1, 0.15) is 32.9 Å². The summed E-state index contributed by atoms with van der Waals surface area (Å²) >= 11 is 1.11. The maximum absolute atomic E-state index is 13.6. The fraction of sp³-hybridized carbons (Fsp3) is 0.0667. The second kappa shape index (κ2) is 6.17. The molecule has 0 saturated heterocycles. The van der Waals surface area contributed by atoms with E-state index in [2.05, 4.69) is 20.2 Å². The number of carbonyl (C=O) groups excluding carboxylic acids is 1. The van der Waals surface area contributed by atoms with Gasteiger partial charge in [0.15, 0.2) is 0 Å². The molecule has 3 aromatic rings. The first kappa shape index (κ1) is 15.8. The van der Waals surface area contributed by atoms with Crippen molar-refractivity contribution in [2.75, 3.05) is 5.32 Å². The molecule has 0 aliphatic rings. The minimum atomic E-state index is -0.939. The number of amides is 1. The molecule has 2 heterocycles. The number of hydrogen-bond acceptors (Lipinski definition) is 4. The number of carbonyl (C=O) groups is 1. The number of benzene rings is 1. The lowest BCUT2D eigenvalue weighted by atomic mass is 10.2. The van der Waals surface area contributed by atoms with Crippen molar-refractivity contribution < 1.29 is 13.6 Å². The molecule has 1 N–H and O–H groups in total. The van der Waals surface area contributed by atoms with Gasteiger partial charge in [-0.15, -0.1) is 0 Å².